The third kappa shape index (κ3) is 4.03. The highest BCUT2D eigenvalue weighted by Gasteiger charge is 2.32. The molecule has 3 heterocycles. The molecule has 1 unspecified atom stereocenters. The summed E-state index contributed by atoms with van der Waals surface area (Å²) in [5, 5.41) is 14.0. The van der Waals surface area contributed by atoms with Gasteiger partial charge in [-0.1, -0.05) is 18.2 Å². The number of pyridine rings is 1. The quantitative estimate of drug-likeness (QED) is 0.392. The van der Waals surface area contributed by atoms with Gasteiger partial charge in [0.2, 0.25) is 0 Å². The zero-order chi connectivity index (χ0) is 24.0. The Kier molecular flexibility index (Phi) is 5.58. The number of carbonyl (C=O) groups is 1. The highest BCUT2D eigenvalue weighted by molar-refractivity contribution is 7.21. The van der Waals surface area contributed by atoms with Crippen LogP contribution in [-0.4, -0.2) is 22.6 Å². The maximum Gasteiger partial charge on any atom is 0.262 e. The Bertz CT molecular complexity index is 1390. The second-order valence-electron chi connectivity index (χ2n) is 8.76. The fourth-order valence-electron chi connectivity index (χ4n) is 4.37. The lowest BCUT2D eigenvalue weighted by Gasteiger charge is -2.27. The van der Waals surface area contributed by atoms with Gasteiger partial charge in [0.15, 0.2) is 0 Å². The number of halogens is 2. The number of carbonyl (C=O) groups excluding carboxylic acids is 1. The molecular formula is C26H22F2N2O3S. The van der Waals surface area contributed by atoms with Crippen LogP contribution in [-0.2, 0) is 5.60 Å². The summed E-state index contributed by atoms with van der Waals surface area (Å²) in [6.07, 6.45) is 2.12. The average Bonchev–Trinajstić information content (AvgIpc) is 3.19. The molecule has 2 N–H and O–H groups in total. The van der Waals surface area contributed by atoms with E-state index in [0.29, 0.717) is 44.8 Å². The maximum absolute atomic E-state index is 13.9. The van der Waals surface area contributed by atoms with E-state index in [0.717, 1.165) is 28.7 Å². The molecule has 2 aromatic carbocycles. The molecule has 0 spiro atoms. The summed E-state index contributed by atoms with van der Waals surface area (Å²) in [4.78, 5) is 18.3. The summed E-state index contributed by atoms with van der Waals surface area (Å²) >= 11 is 1.15. The molecule has 1 aliphatic rings. The van der Waals surface area contributed by atoms with Crippen LogP contribution < -0.4 is 10.1 Å². The van der Waals surface area contributed by atoms with Crippen molar-refractivity contribution < 1.29 is 23.4 Å². The van der Waals surface area contributed by atoms with E-state index in [1.807, 2.05) is 24.3 Å². The van der Waals surface area contributed by atoms with Crippen molar-refractivity contribution in [1.82, 2.24) is 10.3 Å². The summed E-state index contributed by atoms with van der Waals surface area (Å²) in [6.45, 7) is 3.65. The SMILES string of the molecule is CC(C)(O)c1c(C(=O)NC2CCOc3ccccc32)sc2c(-c3cc(F)cc(F)c3)ccnc12. The van der Waals surface area contributed by atoms with Crippen LogP contribution in [0.3, 0.4) is 0 Å². The van der Waals surface area contributed by atoms with Gasteiger partial charge >= 0.3 is 0 Å². The number of amides is 1. The van der Waals surface area contributed by atoms with Gasteiger partial charge in [0.1, 0.15) is 22.3 Å². The number of fused-ring (bicyclic) bond motifs is 2. The third-order valence-electron chi connectivity index (χ3n) is 5.83. The van der Waals surface area contributed by atoms with Crippen LogP contribution in [0.2, 0.25) is 0 Å². The standard InChI is InChI=1S/C26H22F2N2O3S/c1-26(2,32)21-22-23(17(7-9-29-22)14-11-15(27)13-16(28)12-14)34-24(21)25(31)30-19-8-10-33-20-6-4-3-5-18(19)20/h3-7,9,11-13,19,32H,8,10H2,1-2H3,(H,30,31). The second-order valence-corrected chi connectivity index (χ2v) is 9.78. The highest BCUT2D eigenvalue weighted by atomic mass is 32.1. The molecule has 0 aliphatic carbocycles. The Hall–Kier alpha value is -3.36. The Morgan fingerprint density at radius 2 is 1.91 bits per heavy atom. The van der Waals surface area contributed by atoms with Crippen LogP contribution in [0.1, 0.15) is 47.1 Å². The topological polar surface area (TPSA) is 71.5 Å². The van der Waals surface area contributed by atoms with E-state index in [4.69, 9.17) is 4.74 Å². The first-order valence-corrected chi connectivity index (χ1v) is 11.7. The fraction of sp³-hybridized carbons (Fsp3) is 0.231. The zero-order valence-electron chi connectivity index (χ0n) is 18.6. The van der Waals surface area contributed by atoms with Crippen LogP contribution in [0, 0.1) is 11.6 Å². The van der Waals surface area contributed by atoms with Gasteiger partial charge in [0, 0.05) is 35.4 Å². The third-order valence-corrected chi connectivity index (χ3v) is 7.04. The molecule has 34 heavy (non-hydrogen) atoms. The number of aromatic nitrogens is 1. The number of thiophene rings is 1. The Labute approximate surface area is 199 Å². The molecule has 0 radical (unpaired) electrons. The van der Waals surface area contributed by atoms with Gasteiger partial charge in [-0.3, -0.25) is 9.78 Å². The lowest BCUT2D eigenvalue weighted by molar-refractivity contribution is 0.0760. The van der Waals surface area contributed by atoms with Gasteiger partial charge in [-0.2, -0.15) is 0 Å². The van der Waals surface area contributed by atoms with Crippen LogP contribution in [0.5, 0.6) is 5.75 Å². The van der Waals surface area contributed by atoms with Crippen LogP contribution in [0.4, 0.5) is 8.78 Å². The van der Waals surface area contributed by atoms with Gasteiger partial charge in [-0.05, 0) is 43.7 Å². The minimum absolute atomic E-state index is 0.248. The summed E-state index contributed by atoms with van der Waals surface area (Å²) in [5.74, 6) is -1.01. The molecule has 1 atom stereocenters. The Morgan fingerprint density at radius 1 is 1.18 bits per heavy atom. The van der Waals surface area contributed by atoms with Crippen molar-refractivity contribution in [2.24, 2.45) is 0 Å². The minimum Gasteiger partial charge on any atom is -0.493 e. The smallest absolute Gasteiger partial charge is 0.262 e. The fourth-order valence-corrected chi connectivity index (χ4v) is 5.72. The van der Waals surface area contributed by atoms with Gasteiger partial charge in [-0.25, -0.2) is 8.78 Å². The van der Waals surface area contributed by atoms with Crippen molar-refractivity contribution in [3.8, 4) is 16.9 Å². The molecule has 4 aromatic rings. The van der Waals surface area contributed by atoms with Crippen molar-refractivity contribution in [3.05, 3.63) is 82.4 Å². The van der Waals surface area contributed by atoms with E-state index < -0.39 is 17.2 Å². The summed E-state index contributed by atoms with van der Waals surface area (Å²) in [6, 6.07) is 12.2. The largest absolute Gasteiger partial charge is 0.493 e. The number of hydrogen-bond donors (Lipinski definition) is 2. The number of hydrogen-bond acceptors (Lipinski definition) is 5. The van der Waals surface area contributed by atoms with Gasteiger partial charge in [-0.15, -0.1) is 11.3 Å². The highest BCUT2D eigenvalue weighted by Crippen LogP contribution is 2.42. The molecule has 0 saturated carbocycles. The van der Waals surface area contributed by atoms with E-state index in [1.54, 1.807) is 19.9 Å². The van der Waals surface area contributed by atoms with Crippen molar-refractivity contribution in [2.45, 2.75) is 31.9 Å². The molecule has 5 nitrogen and oxygen atoms in total. The molecule has 1 amide bonds. The number of ether oxygens (including phenoxy) is 1. The molecule has 0 saturated heterocycles. The Morgan fingerprint density at radius 3 is 2.65 bits per heavy atom. The molecule has 5 rings (SSSR count). The summed E-state index contributed by atoms with van der Waals surface area (Å²) in [7, 11) is 0. The van der Waals surface area contributed by atoms with Crippen LogP contribution in [0.15, 0.2) is 54.7 Å². The van der Waals surface area contributed by atoms with Gasteiger partial charge in [0.05, 0.1) is 28.5 Å². The summed E-state index contributed by atoms with van der Waals surface area (Å²) < 4.78 is 34.1. The number of nitrogens with zero attached hydrogens (tertiary/aromatic N) is 1. The minimum atomic E-state index is -1.38. The summed E-state index contributed by atoms with van der Waals surface area (Å²) in [5.41, 5.74) is 1.19. The van der Waals surface area contributed by atoms with Crippen LogP contribution >= 0.6 is 11.3 Å². The van der Waals surface area contributed by atoms with E-state index in [9.17, 15) is 18.7 Å². The lowest BCUT2D eigenvalue weighted by Crippen LogP contribution is -2.33. The van der Waals surface area contributed by atoms with Crippen molar-refractivity contribution in [3.63, 3.8) is 0 Å². The van der Waals surface area contributed by atoms with E-state index in [-0.39, 0.29) is 11.9 Å². The predicted octanol–water partition coefficient (Wildman–Crippen LogP) is 5.72. The zero-order valence-corrected chi connectivity index (χ0v) is 19.4. The first-order valence-electron chi connectivity index (χ1n) is 10.9. The van der Waals surface area contributed by atoms with E-state index >= 15 is 0 Å². The number of aliphatic hydroxyl groups is 1. The van der Waals surface area contributed by atoms with Crippen molar-refractivity contribution >= 4 is 27.5 Å². The Balaban J connectivity index is 1.62. The second kappa shape index (κ2) is 8.45. The molecule has 1 aliphatic heterocycles. The lowest BCUT2D eigenvalue weighted by atomic mass is 9.95. The molecular weight excluding hydrogens is 458 g/mol. The molecule has 8 heteroatoms. The maximum atomic E-state index is 13.9. The first-order chi connectivity index (χ1) is 16.2. The van der Waals surface area contributed by atoms with Crippen molar-refractivity contribution in [1.29, 1.82) is 0 Å². The van der Waals surface area contributed by atoms with Gasteiger partial charge in [0.25, 0.3) is 5.91 Å². The van der Waals surface area contributed by atoms with E-state index in [1.165, 1.54) is 18.3 Å². The first kappa shape index (κ1) is 22.4. The number of benzene rings is 2. The number of para-hydroxylation sites is 1. The van der Waals surface area contributed by atoms with Crippen LogP contribution in [0.25, 0.3) is 21.3 Å². The average molecular weight is 481 g/mol. The monoisotopic (exact) mass is 480 g/mol. The molecule has 0 fully saturated rings. The van der Waals surface area contributed by atoms with E-state index in [2.05, 4.69) is 10.3 Å². The predicted molar refractivity (Wildman–Crippen MR) is 127 cm³/mol. The molecule has 174 valence electrons. The number of nitrogens with one attached hydrogen (secondary N) is 1. The molecule has 0 bridgehead atoms. The number of rotatable bonds is 4. The normalized spacial score (nSPS) is 15.6. The van der Waals surface area contributed by atoms with Gasteiger partial charge < -0.3 is 15.2 Å². The van der Waals surface area contributed by atoms with Crippen molar-refractivity contribution in [2.75, 3.05) is 6.61 Å². The molecule has 2 aromatic heterocycles.